The molecule has 112 valence electrons. The predicted octanol–water partition coefficient (Wildman–Crippen LogP) is 4.52. The first-order valence-corrected chi connectivity index (χ1v) is 7.55. The second kappa shape index (κ2) is 6.58. The first-order valence-electron chi connectivity index (χ1n) is 6.76. The molecule has 1 unspecified atom stereocenters. The van der Waals surface area contributed by atoms with Gasteiger partial charge in [0.25, 0.3) is 0 Å². The molecule has 0 aliphatic carbocycles. The Balaban J connectivity index is 2.62. The maximum Gasteiger partial charge on any atom is 0.142 e. The lowest BCUT2D eigenvalue weighted by atomic mass is 9.94. The molecule has 0 saturated carbocycles. The lowest BCUT2D eigenvalue weighted by Gasteiger charge is -2.22. The zero-order valence-electron chi connectivity index (χ0n) is 12.6. The van der Waals surface area contributed by atoms with Crippen LogP contribution in [0.15, 0.2) is 34.8 Å². The molecule has 0 aliphatic heterocycles. The summed E-state index contributed by atoms with van der Waals surface area (Å²) in [5, 5.41) is 3.18. The Morgan fingerprint density at radius 1 is 1.14 bits per heavy atom. The summed E-state index contributed by atoms with van der Waals surface area (Å²) in [7, 11) is 3.47. The van der Waals surface area contributed by atoms with E-state index >= 15 is 0 Å². The fourth-order valence-electron chi connectivity index (χ4n) is 2.53. The summed E-state index contributed by atoms with van der Waals surface area (Å²) in [5.74, 6) is 0.547. The normalized spacial score (nSPS) is 12.3. The van der Waals surface area contributed by atoms with E-state index < -0.39 is 0 Å². The van der Waals surface area contributed by atoms with Crippen molar-refractivity contribution < 1.29 is 9.13 Å². The van der Waals surface area contributed by atoms with Crippen molar-refractivity contribution in [2.75, 3.05) is 14.2 Å². The Morgan fingerprint density at radius 2 is 1.86 bits per heavy atom. The van der Waals surface area contributed by atoms with Gasteiger partial charge in [-0.25, -0.2) is 4.39 Å². The number of aryl methyl sites for hydroxylation is 1. The quantitative estimate of drug-likeness (QED) is 0.873. The fraction of sp³-hybridized carbons (Fsp3) is 0.294. The molecule has 0 bridgehead atoms. The van der Waals surface area contributed by atoms with Gasteiger partial charge in [-0.3, -0.25) is 0 Å². The lowest BCUT2D eigenvalue weighted by Crippen LogP contribution is -2.20. The second-order valence-electron chi connectivity index (χ2n) is 4.99. The topological polar surface area (TPSA) is 21.3 Å². The molecule has 0 spiro atoms. The van der Waals surface area contributed by atoms with Crippen molar-refractivity contribution >= 4 is 15.9 Å². The molecule has 0 fully saturated rings. The van der Waals surface area contributed by atoms with Crippen molar-refractivity contribution in [1.29, 1.82) is 0 Å². The standard InChI is InChI=1S/C17H19BrFNO/c1-10-8-9-13(17(21-4)11(10)2)16(20-3)12-6-5-7-14(18)15(12)19/h5-9,16,20H,1-4H3. The predicted molar refractivity (Wildman–Crippen MR) is 87.5 cm³/mol. The minimum Gasteiger partial charge on any atom is -0.496 e. The van der Waals surface area contributed by atoms with Crippen molar-refractivity contribution in [3.05, 3.63) is 62.9 Å². The molecular formula is C17H19BrFNO. The van der Waals surface area contributed by atoms with Crippen LogP contribution in [0.4, 0.5) is 4.39 Å². The highest BCUT2D eigenvalue weighted by Crippen LogP contribution is 2.36. The van der Waals surface area contributed by atoms with Gasteiger partial charge in [0.2, 0.25) is 0 Å². The number of hydrogen-bond donors (Lipinski definition) is 1. The second-order valence-corrected chi connectivity index (χ2v) is 5.85. The Hall–Kier alpha value is -1.39. The minimum atomic E-state index is -0.267. The van der Waals surface area contributed by atoms with E-state index in [1.54, 1.807) is 19.2 Å². The highest BCUT2D eigenvalue weighted by Gasteiger charge is 2.22. The average molecular weight is 352 g/mol. The summed E-state index contributed by atoms with van der Waals surface area (Å²) >= 11 is 3.24. The number of hydrogen-bond acceptors (Lipinski definition) is 2. The molecule has 0 amide bonds. The third-order valence-corrected chi connectivity index (χ3v) is 4.42. The number of methoxy groups -OCH3 is 1. The molecule has 0 aromatic heterocycles. The number of benzene rings is 2. The monoisotopic (exact) mass is 351 g/mol. The summed E-state index contributed by atoms with van der Waals surface area (Å²) in [5.41, 5.74) is 3.75. The summed E-state index contributed by atoms with van der Waals surface area (Å²) in [6, 6.07) is 9.08. The molecule has 1 atom stereocenters. The van der Waals surface area contributed by atoms with Crippen LogP contribution in [0, 0.1) is 19.7 Å². The van der Waals surface area contributed by atoms with Crippen LogP contribution in [0.25, 0.3) is 0 Å². The van der Waals surface area contributed by atoms with Crippen LogP contribution < -0.4 is 10.1 Å². The lowest BCUT2D eigenvalue weighted by molar-refractivity contribution is 0.401. The molecule has 2 aromatic carbocycles. The molecular weight excluding hydrogens is 333 g/mol. The van der Waals surface area contributed by atoms with Crippen LogP contribution in [0.1, 0.15) is 28.3 Å². The maximum atomic E-state index is 14.4. The smallest absolute Gasteiger partial charge is 0.142 e. The van der Waals surface area contributed by atoms with Crippen LogP contribution in [0.2, 0.25) is 0 Å². The Morgan fingerprint density at radius 3 is 2.48 bits per heavy atom. The molecule has 2 nitrogen and oxygen atoms in total. The SMILES string of the molecule is CNC(c1cccc(Br)c1F)c1ccc(C)c(C)c1OC. The summed E-state index contributed by atoms with van der Waals surface area (Å²) in [6.45, 7) is 4.05. The minimum absolute atomic E-state index is 0.253. The van der Waals surface area contributed by atoms with E-state index in [1.165, 1.54) is 0 Å². The Labute approximate surface area is 133 Å². The van der Waals surface area contributed by atoms with Crippen molar-refractivity contribution in [2.45, 2.75) is 19.9 Å². The van der Waals surface area contributed by atoms with E-state index in [2.05, 4.69) is 21.2 Å². The zero-order chi connectivity index (χ0) is 15.6. The van der Waals surface area contributed by atoms with Crippen molar-refractivity contribution in [2.24, 2.45) is 0 Å². The first-order chi connectivity index (χ1) is 10.0. The molecule has 0 radical (unpaired) electrons. The van der Waals surface area contributed by atoms with Crippen molar-refractivity contribution in [3.8, 4) is 5.75 Å². The van der Waals surface area contributed by atoms with Crippen LogP contribution in [-0.2, 0) is 0 Å². The molecule has 21 heavy (non-hydrogen) atoms. The average Bonchev–Trinajstić information content (AvgIpc) is 2.48. The summed E-state index contributed by atoms with van der Waals surface area (Å²) < 4.78 is 20.4. The van der Waals surface area contributed by atoms with Gasteiger partial charge >= 0.3 is 0 Å². The third kappa shape index (κ3) is 2.97. The van der Waals surface area contributed by atoms with E-state index in [0.29, 0.717) is 10.0 Å². The van der Waals surface area contributed by atoms with Gasteiger partial charge in [-0.15, -0.1) is 0 Å². The number of ether oxygens (including phenoxy) is 1. The van der Waals surface area contributed by atoms with E-state index in [9.17, 15) is 4.39 Å². The third-order valence-electron chi connectivity index (χ3n) is 3.80. The van der Waals surface area contributed by atoms with Crippen LogP contribution in [0.5, 0.6) is 5.75 Å². The van der Waals surface area contributed by atoms with Gasteiger partial charge in [0.15, 0.2) is 0 Å². The largest absolute Gasteiger partial charge is 0.496 e. The van der Waals surface area contributed by atoms with Crippen molar-refractivity contribution in [1.82, 2.24) is 5.32 Å². The van der Waals surface area contributed by atoms with E-state index in [0.717, 1.165) is 22.4 Å². The molecule has 1 N–H and O–H groups in total. The number of halogens is 2. The molecule has 4 heteroatoms. The zero-order valence-corrected chi connectivity index (χ0v) is 14.2. The Bertz CT molecular complexity index is 657. The first kappa shape index (κ1) is 16.0. The number of nitrogens with one attached hydrogen (secondary N) is 1. The van der Waals surface area contributed by atoms with Crippen LogP contribution in [-0.4, -0.2) is 14.2 Å². The van der Waals surface area contributed by atoms with E-state index in [-0.39, 0.29) is 11.9 Å². The van der Waals surface area contributed by atoms with Crippen LogP contribution >= 0.6 is 15.9 Å². The van der Waals surface area contributed by atoms with Gasteiger partial charge < -0.3 is 10.1 Å². The maximum absolute atomic E-state index is 14.4. The Kier molecular flexibility index (Phi) is 5.01. The van der Waals surface area contributed by atoms with Gasteiger partial charge in [0.05, 0.1) is 17.6 Å². The van der Waals surface area contributed by atoms with Crippen molar-refractivity contribution in [3.63, 3.8) is 0 Å². The van der Waals surface area contributed by atoms with Gasteiger partial charge in [-0.05, 0) is 54.0 Å². The molecule has 0 heterocycles. The molecule has 2 aromatic rings. The summed E-state index contributed by atoms with van der Waals surface area (Å²) in [6.07, 6.45) is 0. The molecule has 0 aliphatic rings. The van der Waals surface area contributed by atoms with Gasteiger partial charge in [-0.2, -0.15) is 0 Å². The molecule has 2 rings (SSSR count). The fourth-order valence-corrected chi connectivity index (χ4v) is 2.91. The highest BCUT2D eigenvalue weighted by molar-refractivity contribution is 9.10. The van der Waals surface area contributed by atoms with Gasteiger partial charge in [0, 0.05) is 11.1 Å². The molecule has 0 saturated heterocycles. The summed E-state index contributed by atoms with van der Waals surface area (Å²) in [4.78, 5) is 0. The van der Waals surface area contributed by atoms with E-state index in [1.807, 2.05) is 39.1 Å². The van der Waals surface area contributed by atoms with Crippen LogP contribution in [0.3, 0.4) is 0 Å². The highest BCUT2D eigenvalue weighted by atomic mass is 79.9. The van der Waals surface area contributed by atoms with Gasteiger partial charge in [-0.1, -0.05) is 24.3 Å². The number of rotatable bonds is 4. The van der Waals surface area contributed by atoms with E-state index in [4.69, 9.17) is 4.74 Å². The van der Waals surface area contributed by atoms with Gasteiger partial charge in [0.1, 0.15) is 11.6 Å².